The fraction of sp³-hybridized carbons (Fsp3) is 0.321. The number of nitrogens with zero attached hydrogens (tertiary/aromatic N) is 3. The molecule has 0 bridgehead atoms. The van der Waals surface area contributed by atoms with Crippen LogP contribution in [0.15, 0.2) is 65.2 Å². The Balaban J connectivity index is 1.23. The lowest BCUT2D eigenvalue weighted by molar-refractivity contribution is 0.0932. The van der Waals surface area contributed by atoms with E-state index in [1.165, 1.54) is 5.69 Å². The maximum absolute atomic E-state index is 13.6. The molecule has 35 heavy (non-hydrogen) atoms. The quantitative estimate of drug-likeness (QED) is 0.420. The van der Waals surface area contributed by atoms with Gasteiger partial charge in [-0.2, -0.15) is 0 Å². The van der Waals surface area contributed by atoms with Crippen LogP contribution in [0, 0.1) is 0 Å². The van der Waals surface area contributed by atoms with E-state index >= 15 is 0 Å². The lowest BCUT2D eigenvalue weighted by atomic mass is 10.0. The van der Waals surface area contributed by atoms with Crippen molar-refractivity contribution in [3.05, 3.63) is 71.9 Å². The van der Waals surface area contributed by atoms with Crippen molar-refractivity contribution in [1.82, 2.24) is 15.5 Å². The molecule has 0 radical (unpaired) electrons. The summed E-state index contributed by atoms with van der Waals surface area (Å²) in [6, 6.07) is 20.0. The maximum Gasteiger partial charge on any atom is 0.259 e. The number of rotatable bonds is 6. The first-order chi connectivity index (χ1) is 17.2. The van der Waals surface area contributed by atoms with E-state index in [9.17, 15) is 4.79 Å². The third kappa shape index (κ3) is 4.34. The van der Waals surface area contributed by atoms with Crippen LogP contribution in [0.3, 0.4) is 0 Å². The summed E-state index contributed by atoms with van der Waals surface area (Å²) < 4.78 is 10.9. The predicted molar refractivity (Wildman–Crippen MR) is 135 cm³/mol. The Kier molecular flexibility index (Phi) is 5.60. The van der Waals surface area contributed by atoms with Crippen LogP contribution in [0.2, 0.25) is 0 Å². The second-order valence-electron chi connectivity index (χ2n) is 9.38. The summed E-state index contributed by atoms with van der Waals surface area (Å²) in [5, 5.41) is 8.28. The maximum atomic E-state index is 13.6. The summed E-state index contributed by atoms with van der Waals surface area (Å²) in [7, 11) is 1.68. The Bertz CT molecular complexity index is 1340. The van der Waals surface area contributed by atoms with Crippen molar-refractivity contribution < 1.29 is 14.1 Å². The van der Waals surface area contributed by atoms with Gasteiger partial charge in [-0.25, -0.2) is 4.98 Å². The zero-order valence-electron chi connectivity index (χ0n) is 19.7. The SMILES string of the molecule is COc1ccc(N2CCC(NC(=O)c3cc(C4CC4)nc4onc(-c5ccccc5)c34)CC2)cc1. The van der Waals surface area contributed by atoms with Gasteiger partial charge in [0.25, 0.3) is 11.6 Å². The zero-order chi connectivity index (χ0) is 23.8. The molecule has 0 spiro atoms. The van der Waals surface area contributed by atoms with E-state index in [0.29, 0.717) is 28.3 Å². The number of aromatic nitrogens is 2. The van der Waals surface area contributed by atoms with Gasteiger partial charge >= 0.3 is 0 Å². The first-order valence-corrected chi connectivity index (χ1v) is 12.2. The molecule has 3 heterocycles. The van der Waals surface area contributed by atoms with Gasteiger partial charge in [-0.3, -0.25) is 4.79 Å². The summed E-state index contributed by atoms with van der Waals surface area (Å²) in [5.74, 6) is 1.18. The summed E-state index contributed by atoms with van der Waals surface area (Å²) >= 11 is 0. The number of fused-ring (bicyclic) bond motifs is 1. The molecular weight excluding hydrogens is 440 g/mol. The summed E-state index contributed by atoms with van der Waals surface area (Å²) in [5.41, 5.74) is 4.72. The normalized spacial score (nSPS) is 16.4. The molecule has 6 rings (SSSR count). The minimum atomic E-state index is -0.0809. The molecule has 2 fully saturated rings. The standard InChI is InChI=1S/C28H28N4O3/c1-34-22-11-9-21(10-12-22)32-15-13-20(14-16-32)29-27(33)23-17-24(18-7-8-18)30-28-25(23)26(31-35-28)19-5-3-2-4-6-19/h2-6,9-12,17-18,20H,7-8,13-16H2,1H3,(H,29,33). The topological polar surface area (TPSA) is 80.5 Å². The van der Waals surface area contributed by atoms with Gasteiger partial charge in [-0.15, -0.1) is 0 Å². The molecule has 1 amide bonds. The van der Waals surface area contributed by atoms with Crippen LogP contribution in [-0.2, 0) is 0 Å². The number of amides is 1. The fourth-order valence-corrected chi connectivity index (χ4v) is 4.87. The highest BCUT2D eigenvalue weighted by atomic mass is 16.5. The predicted octanol–water partition coefficient (Wildman–Crippen LogP) is 5.17. The molecule has 2 aromatic carbocycles. The lowest BCUT2D eigenvalue weighted by Gasteiger charge is -2.34. The Labute approximate surface area is 204 Å². The van der Waals surface area contributed by atoms with E-state index in [0.717, 1.165) is 55.8 Å². The summed E-state index contributed by atoms with van der Waals surface area (Å²) in [6.45, 7) is 1.78. The lowest BCUT2D eigenvalue weighted by Crippen LogP contribution is -2.44. The molecule has 1 N–H and O–H groups in total. The summed E-state index contributed by atoms with van der Waals surface area (Å²) in [4.78, 5) is 20.6. The van der Waals surface area contributed by atoms with Crippen LogP contribution >= 0.6 is 0 Å². The van der Waals surface area contributed by atoms with E-state index in [1.54, 1.807) is 7.11 Å². The number of anilines is 1. The average molecular weight is 469 g/mol. The zero-order valence-corrected chi connectivity index (χ0v) is 19.7. The van der Waals surface area contributed by atoms with E-state index < -0.39 is 0 Å². The summed E-state index contributed by atoms with van der Waals surface area (Å²) in [6.07, 6.45) is 3.97. The van der Waals surface area contributed by atoms with E-state index in [-0.39, 0.29) is 11.9 Å². The van der Waals surface area contributed by atoms with Gasteiger partial charge in [-0.05, 0) is 56.0 Å². The van der Waals surface area contributed by atoms with Crippen LogP contribution < -0.4 is 15.0 Å². The molecule has 1 aliphatic heterocycles. The number of piperidine rings is 1. The van der Waals surface area contributed by atoms with Gasteiger partial charge in [0.15, 0.2) is 0 Å². The van der Waals surface area contributed by atoms with Crippen molar-refractivity contribution in [2.24, 2.45) is 0 Å². The molecule has 4 aromatic rings. The van der Waals surface area contributed by atoms with Crippen LogP contribution in [0.5, 0.6) is 5.75 Å². The minimum absolute atomic E-state index is 0.0809. The van der Waals surface area contributed by atoms with Gasteiger partial charge in [0.05, 0.1) is 18.1 Å². The first kappa shape index (κ1) is 21.6. The van der Waals surface area contributed by atoms with Crippen molar-refractivity contribution >= 4 is 22.7 Å². The third-order valence-electron chi connectivity index (χ3n) is 7.02. The second kappa shape index (κ2) is 9.06. The molecule has 2 aliphatic rings. The van der Waals surface area contributed by atoms with Crippen LogP contribution in [-0.4, -0.2) is 42.3 Å². The van der Waals surface area contributed by atoms with E-state index in [2.05, 4.69) is 27.5 Å². The first-order valence-electron chi connectivity index (χ1n) is 12.2. The highest BCUT2D eigenvalue weighted by Crippen LogP contribution is 2.41. The minimum Gasteiger partial charge on any atom is -0.497 e. The molecule has 178 valence electrons. The van der Waals surface area contributed by atoms with Crippen molar-refractivity contribution in [3.8, 4) is 17.0 Å². The average Bonchev–Trinajstić information content (AvgIpc) is 3.68. The molecule has 1 saturated heterocycles. The number of hydrogen-bond donors (Lipinski definition) is 1. The van der Waals surface area contributed by atoms with E-state index in [1.807, 2.05) is 48.5 Å². The Morgan fingerprint density at radius 3 is 2.46 bits per heavy atom. The van der Waals surface area contributed by atoms with Crippen molar-refractivity contribution in [2.75, 3.05) is 25.1 Å². The Morgan fingerprint density at radius 2 is 1.77 bits per heavy atom. The number of hydrogen-bond acceptors (Lipinski definition) is 6. The largest absolute Gasteiger partial charge is 0.497 e. The molecule has 0 unspecified atom stereocenters. The fourth-order valence-electron chi connectivity index (χ4n) is 4.87. The second-order valence-corrected chi connectivity index (χ2v) is 9.38. The number of carbonyl (C=O) groups excluding carboxylic acids is 1. The van der Waals surface area contributed by atoms with E-state index in [4.69, 9.17) is 14.2 Å². The van der Waals surface area contributed by atoms with Crippen LogP contribution in [0.25, 0.3) is 22.4 Å². The van der Waals surface area contributed by atoms with Gasteiger partial charge < -0.3 is 19.5 Å². The number of ether oxygens (including phenoxy) is 1. The van der Waals surface area contributed by atoms with Gasteiger partial charge in [0.1, 0.15) is 11.4 Å². The van der Waals surface area contributed by atoms with Crippen molar-refractivity contribution in [2.45, 2.75) is 37.6 Å². The Morgan fingerprint density at radius 1 is 1.03 bits per heavy atom. The van der Waals surface area contributed by atoms with Crippen molar-refractivity contribution in [3.63, 3.8) is 0 Å². The monoisotopic (exact) mass is 468 g/mol. The molecule has 1 aliphatic carbocycles. The van der Waals surface area contributed by atoms with Crippen LogP contribution in [0.4, 0.5) is 5.69 Å². The van der Waals surface area contributed by atoms with Crippen molar-refractivity contribution in [1.29, 1.82) is 0 Å². The van der Waals surface area contributed by atoms with Gasteiger partial charge in [-0.1, -0.05) is 35.5 Å². The Hall–Kier alpha value is -3.87. The molecule has 7 nitrogen and oxygen atoms in total. The number of carbonyl (C=O) groups is 1. The molecule has 2 aromatic heterocycles. The molecule has 1 saturated carbocycles. The smallest absolute Gasteiger partial charge is 0.259 e. The highest BCUT2D eigenvalue weighted by Gasteiger charge is 2.30. The third-order valence-corrected chi connectivity index (χ3v) is 7.02. The number of methoxy groups -OCH3 is 1. The number of benzene rings is 2. The number of nitrogens with one attached hydrogen (secondary N) is 1. The molecule has 0 atom stereocenters. The molecule has 7 heteroatoms. The van der Waals surface area contributed by atoms with Gasteiger partial charge in [0, 0.05) is 42.0 Å². The van der Waals surface area contributed by atoms with Gasteiger partial charge in [0.2, 0.25) is 0 Å². The molecular formula is C28H28N4O3. The number of pyridine rings is 1. The highest BCUT2D eigenvalue weighted by molar-refractivity contribution is 6.09. The van der Waals surface area contributed by atoms with Crippen LogP contribution in [0.1, 0.15) is 47.7 Å².